The maximum Gasteiger partial charge on any atom is 0.416 e. The maximum atomic E-state index is 12.5. The molecule has 0 spiro atoms. The Hall–Kier alpha value is -2.83. The second kappa shape index (κ2) is 7.16. The predicted molar refractivity (Wildman–Crippen MR) is 80.5 cm³/mol. The molecule has 2 N–H and O–H groups in total. The van der Waals surface area contributed by atoms with Gasteiger partial charge in [-0.15, -0.1) is 0 Å². The van der Waals surface area contributed by atoms with Gasteiger partial charge in [0, 0.05) is 12.0 Å². The Morgan fingerprint density at radius 2 is 1.58 bits per heavy atom. The number of nitrogens with one attached hydrogen (secondary N) is 1. The lowest BCUT2D eigenvalue weighted by atomic mass is 10.1. The van der Waals surface area contributed by atoms with E-state index >= 15 is 0 Å². The Morgan fingerprint density at radius 1 is 1.00 bits per heavy atom. The van der Waals surface area contributed by atoms with E-state index in [1.165, 1.54) is 0 Å². The molecule has 7 heteroatoms. The monoisotopic (exact) mass is 337 g/mol. The van der Waals surface area contributed by atoms with Crippen molar-refractivity contribution in [3.8, 4) is 0 Å². The summed E-state index contributed by atoms with van der Waals surface area (Å²) in [6.07, 6.45) is -4.42. The van der Waals surface area contributed by atoms with E-state index in [1.54, 1.807) is 30.3 Å². The highest BCUT2D eigenvalue weighted by Gasteiger charge is 2.30. The Balaban J connectivity index is 2.09. The van der Waals surface area contributed by atoms with Crippen LogP contribution in [-0.4, -0.2) is 23.0 Å². The van der Waals surface area contributed by atoms with Gasteiger partial charge in [0.15, 0.2) is 0 Å². The summed E-state index contributed by atoms with van der Waals surface area (Å²) >= 11 is 0. The van der Waals surface area contributed by atoms with Gasteiger partial charge >= 0.3 is 12.1 Å². The number of carboxylic acid groups (broad SMARTS) is 1. The summed E-state index contributed by atoms with van der Waals surface area (Å²) < 4.78 is 37.5. The SMILES string of the molecule is O=C(N[C@H](Cc1ccccc1)C(=O)O)c1ccc(C(F)(F)F)cc1. The van der Waals surface area contributed by atoms with Crippen LogP contribution in [0.25, 0.3) is 0 Å². The molecule has 0 saturated heterocycles. The number of carboxylic acids is 1. The van der Waals surface area contributed by atoms with E-state index in [2.05, 4.69) is 5.32 Å². The molecular formula is C17H14F3NO3. The summed E-state index contributed by atoms with van der Waals surface area (Å²) in [6.45, 7) is 0. The molecule has 0 aromatic heterocycles. The topological polar surface area (TPSA) is 66.4 Å². The van der Waals surface area contributed by atoms with Crippen molar-refractivity contribution in [3.63, 3.8) is 0 Å². The van der Waals surface area contributed by atoms with Gasteiger partial charge in [0.1, 0.15) is 6.04 Å². The largest absolute Gasteiger partial charge is 0.480 e. The maximum absolute atomic E-state index is 12.5. The van der Waals surface area contributed by atoms with Crippen LogP contribution in [0.4, 0.5) is 13.2 Å². The fourth-order valence-electron chi connectivity index (χ4n) is 2.10. The van der Waals surface area contributed by atoms with Crippen molar-refractivity contribution in [2.24, 2.45) is 0 Å². The number of aliphatic carboxylic acids is 1. The van der Waals surface area contributed by atoms with Crippen LogP contribution in [0, 0.1) is 0 Å². The van der Waals surface area contributed by atoms with E-state index in [-0.39, 0.29) is 12.0 Å². The molecule has 0 unspecified atom stereocenters. The minimum atomic E-state index is -4.49. The molecule has 0 radical (unpaired) electrons. The molecule has 0 aliphatic carbocycles. The Labute approximate surface area is 135 Å². The highest BCUT2D eigenvalue weighted by molar-refractivity contribution is 5.96. The number of benzene rings is 2. The van der Waals surface area contributed by atoms with Gasteiger partial charge in [-0.1, -0.05) is 30.3 Å². The summed E-state index contributed by atoms with van der Waals surface area (Å²) in [4.78, 5) is 23.3. The molecule has 0 aliphatic rings. The van der Waals surface area contributed by atoms with E-state index in [9.17, 15) is 27.9 Å². The van der Waals surface area contributed by atoms with Gasteiger partial charge in [-0.25, -0.2) is 4.79 Å². The molecule has 0 saturated carbocycles. The summed E-state index contributed by atoms with van der Waals surface area (Å²) in [7, 11) is 0. The summed E-state index contributed by atoms with van der Waals surface area (Å²) in [5.74, 6) is -1.97. The Morgan fingerprint density at radius 3 is 2.08 bits per heavy atom. The number of hydrogen-bond donors (Lipinski definition) is 2. The number of hydrogen-bond acceptors (Lipinski definition) is 2. The van der Waals surface area contributed by atoms with Crippen molar-refractivity contribution in [1.29, 1.82) is 0 Å². The molecule has 1 atom stereocenters. The minimum absolute atomic E-state index is 0.0395. The van der Waals surface area contributed by atoms with Crippen LogP contribution in [0.15, 0.2) is 54.6 Å². The number of rotatable bonds is 5. The first kappa shape index (κ1) is 17.5. The molecule has 2 aromatic carbocycles. The van der Waals surface area contributed by atoms with Crippen molar-refractivity contribution in [2.45, 2.75) is 18.6 Å². The molecule has 2 rings (SSSR count). The van der Waals surface area contributed by atoms with Gasteiger partial charge in [-0.05, 0) is 29.8 Å². The number of carbonyl (C=O) groups excluding carboxylic acids is 1. The van der Waals surface area contributed by atoms with Crippen molar-refractivity contribution in [2.75, 3.05) is 0 Å². The number of alkyl halides is 3. The Kier molecular flexibility index (Phi) is 5.23. The molecule has 0 fully saturated rings. The number of amides is 1. The Bertz CT molecular complexity index is 712. The van der Waals surface area contributed by atoms with Gasteiger partial charge in [-0.3, -0.25) is 4.79 Å². The average Bonchev–Trinajstić information content (AvgIpc) is 2.54. The van der Waals surface area contributed by atoms with Crippen LogP contribution in [-0.2, 0) is 17.4 Å². The van der Waals surface area contributed by atoms with Gasteiger partial charge in [0.25, 0.3) is 5.91 Å². The normalized spacial score (nSPS) is 12.5. The van der Waals surface area contributed by atoms with E-state index < -0.39 is 29.7 Å². The highest BCUT2D eigenvalue weighted by atomic mass is 19.4. The fraction of sp³-hybridized carbons (Fsp3) is 0.176. The van der Waals surface area contributed by atoms with Gasteiger partial charge in [0.05, 0.1) is 5.56 Å². The molecule has 2 aromatic rings. The van der Waals surface area contributed by atoms with Gasteiger partial charge in [-0.2, -0.15) is 13.2 Å². The molecular weight excluding hydrogens is 323 g/mol. The fourth-order valence-corrected chi connectivity index (χ4v) is 2.10. The van der Waals surface area contributed by atoms with Crippen molar-refractivity contribution in [1.82, 2.24) is 5.32 Å². The van der Waals surface area contributed by atoms with Crippen LogP contribution in [0.2, 0.25) is 0 Å². The number of carbonyl (C=O) groups is 2. The van der Waals surface area contributed by atoms with Gasteiger partial charge in [0.2, 0.25) is 0 Å². The molecule has 0 aliphatic heterocycles. The van der Waals surface area contributed by atoms with Crippen LogP contribution < -0.4 is 5.32 Å². The first-order valence-electron chi connectivity index (χ1n) is 7.02. The first-order valence-corrected chi connectivity index (χ1v) is 7.02. The van der Waals surface area contributed by atoms with Crippen LogP contribution in [0.5, 0.6) is 0 Å². The van der Waals surface area contributed by atoms with Crippen LogP contribution in [0.1, 0.15) is 21.5 Å². The zero-order valence-corrected chi connectivity index (χ0v) is 12.4. The molecule has 4 nitrogen and oxygen atoms in total. The zero-order chi connectivity index (χ0) is 17.7. The molecule has 24 heavy (non-hydrogen) atoms. The van der Waals surface area contributed by atoms with Crippen LogP contribution >= 0.6 is 0 Å². The standard InChI is InChI=1S/C17H14F3NO3/c18-17(19,20)13-8-6-12(7-9-13)15(22)21-14(16(23)24)10-11-4-2-1-3-5-11/h1-9,14H,10H2,(H,21,22)(H,23,24)/t14-/m1/s1. The average molecular weight is 337 g/mol. The van der Waals surface area contributed by atoms with Crippen molar-refractivity contribution in [3.05, 3.63) is 71.3 Å². The lowest BCUT2D eigenvalue weighted by Crippen LogP contribution is -2.42. The van der Waals surface area contributed by atoms with Crippen LogP contribution in [0.3, 0.4) is 0 Å². The second-order valence-corrected chi connectivity index (χ2v) is 5.13. The third-order valence-corrected chi connectivity index (χ3v) is 3.36. The molecule has 0 heterocycles. The van der Waals surface area contributed by atoms with Crippen molar-refractivity contribution >= 4 is 11.9 Å². The third-order valence-electron chi connectivity index (χ3n) is 3.36. The van der Waals surface area contributed by atoms with E-state index in [1.807, 2.05) is 0 Å². The number of halogens is 3. The van der Waals surface area contributed by atoms with Gasteiger partial charge < -0.3 is 10.4 Å². The lowest BCUT2D eigenvalue weighted by Gasteiger charge is -2.15. The molecule has 126 valence electrons. The molecule has 1 amide bonds. The highest BCUT2D eigenvalue weighted by Crippen LogP contribution is 2.29. The summed E-state index contributed by atoms with van der Waals surface area (Å²) in [5.41, 5.74) is -0.196. The zero-order valence-electron chi connectivity index (χ0n) is 12.4. The first-order chi connectivity index (χ1) is 11.3. The smallest absolute Gasteiger partial charge is 0.416 e. The second-order valence-electron chi connectivity index (χ2n) is 5.13. The van der Waals surface area contributed by atoms with Crippen molar-refractivity contribution < 1.29 is 27.9 Å². The summed E-state index contributed by atoms with van der Waals surface area (Å²) in [5, 5.41) is 11.5. The lowest BCUT2D eigenvalue weighted by molar-refractivity contribution is -0.139. The van der Waals surface area contributed by atoms with E-state index in [4.69, 9.17) is 0 Å². The minimum Gasteiger partial charge on any atom is -0.480 e. The quantitative estimate of drug-likeness (QED) is 0.881. The molecule has 0 bridgehead atoms. The third kappa shape index (κ3) is 4.58. The van der Waals surface area contributed by atoms with E-state index in [0.717, 1.165) is 29.8 Å². The summed E-state index contributed by atoms with van der Waals surface area (Å²) in [6, 6.07) is 11.1. The van der Waals surface area contributed by atoms with E-state index in [0.29, 0.717) is 0 Å². The predicted octanol–water partition coefficient (Wildman–Crippen LogP) is 3.13.